The summed E-state index contributed by atoms with van der Waals surface area (Å²) >= 11 is 0. The average Bonchev–Trinajstić information content (AvgIpc) is 2.48. The molecule has 0 spiro atoms. The smallest absolute Gasteiger partial charge is 0.234 e. The molecule has 0 fully saturated rings. The van der Waals surface area contributed by atoms with Crippen molar-refractivity contribution in [2.24, 2.45) is 11.1 Å². The van der Waals surface area contributed by atoms with E-state index in [0.717, 1.165) is 31.4 Å². The van der Waals surface area contributed by atoms with Gasteiger partial charge in [-0.2, -0.15) is 0 Å². The van der Waals surface area contributed by atoms with Gasteiger partial charge in [-0.3, -0.25) is 4.79 Å². The van der Waals surface area contributed by atoms with Gasteiger partial charge in [-0.15, -0.1) is 0 Å². The molecule has 1 aromatic rings. The van der Waals surface area contributed by atoms with Gasteiger partial charge in [0.1, 0.15) is 0 Å². The van der Waals surface area contributed by atoms with Gasteiger partial charge in [-0.05, 0) is 31.9 Å². The van der Waals surface area contributed by atoms with E-state index in [1.54, 1.807) is 0 Å². The number of hydrogen-bond acceptors (Lipinski definition) is 2. The van der Waals surface area contributed by atoms with Gasteiger partial charge in [0.05, 0.1) is 5.41 Å². The second kappa shape index (κ2) is 8.05. The van der Waals surface area contributed by atoms with Crippen LogP contribution in [0, 0.1) is 5.41 Å². The standard InChI is InChI=1S/C17H28N2O/c1-4-12-17(14-18,13-5-2)16(20)19(6-3)15-10-8-7-9-11-15/h7-11H,4-6,12-14,18H2,1-3H3. The van der Waals surface area contributed by atoms with E-state index in [-0.39, 0.29) is 5.91 Å². The van der Waals surface area contributed by atoms with Crippen LogP contribution in [-0.2, 0) is 4.79 Å². The van der Waals surface area contributed by atoms with E-state index in [1.807, 2.05) is 42.2 Å². The first kappa shape index (κ1) is 16.7. The normalized spacial score (nSPS) is 11.4. The fourth-order valence-electron chi connectivity index (χ4n) is 2.93. The maximum atomic E-state index is 13.1. The summed E-state index contributed by atoms with van der Waals surface area (Å²) in [5.41, 5.74) is 6.56. The largest absolute Gasteiger partial charge is 0.329 e. The Labute approximate surface area is 123 Å². The molecule has 0 saturated heterocycles. The highest BCUT2D eigenvalue weighted by Gasteiger charge is 2.38. The maximum Gasteiger partial charge on any atom is 0.234 e. The first-order valence-electron chi connectivity index (χ1n) is 7.72. The van der Waals surface area contributed by atoms with Gasteiger partial charge in [0.15, 0.2) is 0 Å². The summed E-state index contributed by atoms with van der Waals surface area (Å²) in [4.78, 5) is 14.9. The lowest BCUT2D eigenvalue weighted by atomic mass is 9.77. The molecule has 0 aromatic heterocycles. The van der Waals surface area contributed by atoms with Crippen LogP contribution in [0.2, 0.25) is 0 Å². The Kier molecular flexibility index (Phi) is 6.73. The lowest BCUT2D eigenvalue weighted by molar-refractivity contribution is -0.128. The predicted octanol–water partition coefficient (Wildman–Crippen LogP) is 3.58. The fourth-order valence-corrected chi connectivity index (χ4v) is 2.93. The van der Waals surface area contributed by atoms with Crippen molar-refractivity contribution in [3.8, 4) is 0 Å². The third-order valence-corrected chi connectivity index (χ3v) is 3.93. The Morgan fingerprint density at radius 1 is 1.10 bits per heavy atom. The molecule has 2 N–H and O–H groups in total. The summed E-state index contributed by atoms with van der Waals surface area (Å²) < 4.78 is 0. The zero-order valence-corrected chi connectivity index (χ0v) is 13.1. The monoisotopic (exact) mass is 276 g/mol. The van der Waals surface area contributed by atoms with Crippen molar-refractivity contribution in [1.29, 1.82) is 0 Å². The Balaban J connectivity index is 3.08. The molecule has 1 amide bonds. The third kappa shape index (κ3) is 3.60. The van der Waals surface area contributed by atoms with Crippen LogP contribution < -0.4 is 10.6 Å². The van der Waals surface area contributed by atoms with Crippen molar-refractivity contribution in [1.82, 2.24) is 0 Å². The molecule has 1 rings (SSSR count). The van der Waals surface area contributed by atoms with Crippen LogP contribution in [-0.4, -0.2) is 19.0 Å². The molecule has 0 unspecified atom stereocenters. The molecule has 0 heterocycles. The quantitative estimate of drug-likeness (QED) is 0.788. The van der Waals surface area contributed by atoms with Gasteiger partial charge in [-0.25, -0.2) is 0 Å². The number of rotatable bonds is 8. The molecule has 0 saturated carbocycles. The number of para-hydroxylation sites is 1. The Morgan fingerprint density at radius 2 is 1.65 bits per heavy atom. The minimum absolute atomic E-state index is 0.178. The Bertz CT molecular complexity index is 397. The lowest BCUT2D eigenvalue weighted by Crippen LogP contribution is -2.48. The van der Waals surface area contributed by atoms with Crippen LogP contribution >= 0.6 is 0 Å². The number of nitrogens with two attached hydrogens (primary N) is 1. The molecule has 20 heavy (non-hydrogen) atoms. The van der Waals surface area contributed by atoms with E-state index in [1.165, 1.54) is 0 Å². The van der Waals surface area contributed by atoms with Gasteiger partial charge >= 0.3 is 0 Å². The van der Waals surface area contributed by atoms with Gasteiger partial charge < -0.3 is 10.6 Å². The predicted molar refractivity (Wildman–Crippen MR) is 85.8 cm³/mol. The summed E-state index contributed by atoms with van der Waals surface area (Å²) in [6, 6.07) is 9.88. The summed E-state index contributed by atoms with van der Waals surface area (Å²) in [6.45, 7) is 7.36. The van der Waals surface area contributed by atoms with Crippen LogP contribution in [0.4, 0.5) is 5.69 Å². The van der Waals surface area contributed by atoms with Gasteiger partial charge in [0.25, 0.3) is 0 Å². The summed E-state index contributed by atoms with van der Waals surface area (Å²) in [5.74, 6) is 0.178. The molecular weight excluding hydrogens is 248 g/mol. The molecular formula is C17H28N2O. The Morgan fingerprint density at radius 3 is 2.05 bits per heavy atom. The highest BCUT2D eigenvalue weighted by atomic mass is 16.2. The molecule has 0 aliphatic carbocycles. The van der Waals surface area contributed by atoms with Gasteiger partial charge in [-0.1, -0.05) is 44.9 Å². The van der Waals surface area contributed by atoms with Crippen molar-refractivity contribution >= 4 is 11.6 Å². The average molecular weight is 276 g/mol. The topological polar surface area (TPSA) is 46.3 Å². The third-order valence-electron chi connectivity index (χ3n) is 3.93. The summed E-state index contributed by atoms with van der Waals surface area (Å²) in [5, 5.41) is 0. The van der Waals surface area contributed by atoms with Crippen molar-refractivity contribution in [2.75, 3.05) is 18.0 Å². The summed E-state index contributed by atoms with van der Waals surface area (Å²) in [7, 11) is 0. The van der Waals surface area contributed by atoms with Gasteiger partial charge in [0.2, 0.25) is 5.91 Å². The zero-order chi connectivity index (χ0) is 15.0. The van der Waals surface area contributed by atoms with Crippen molar-refractivity contribution < 1.29 is 4.79 Å². The number of amides is 1. The number of carbonyl (C=O) groups excluding carboxylic acids is 1. The van der Waals surface area contributed by atoms with Crippen molar-refractivity contribution in [3.63, 3.8) is 0 Å². The Hall–Kier alpha value is -1.35. The number of anilines is 1. The van der Waals surface area contributed by atoms with Crippen LogP contribution in [0.25, 0.3) is 0 Å². The number of hydrogen-bond donors (Lipinski definition) is 1. The fraction of sp³-hybridized carbons (Fsp3) is 0.588. The van der Waals surface area contributed by atoms with Crippen molar-refractivity contribution in [3.05, 3.63) is 30.3 Å². The number of benzene rings is 1. The molecule has 0 bridgehead atoms. The highest BCUT2D eigenvalue weighted by molar-refractivity contribution is 5.97. The minimum Gasteiger partial charge on any atom is -0.329 e. The second-order valence-electron chi connectivity index (χ2n) is 5.37. The maximum absolute atomic E-state index is 13.1. The first-order valence-corrected chi connectivity index (χ1v) is 7.72. The van der Waals surface area contributed by atoms with E-state index >= 15 is 0 Å². The number of carbonyl (C=O) groups is 1. The van der Waals surface area contributed by atoms with Crippen LogP contribution in [0.1, 0.15) is 46.5 Å². The second-order valence-corrected chi connectivity index (χ2v) is 5.37. The van der Waals surface area contributed by atoms with E-state index in [4.69, 9.17) is 5.73 Å². The first-order chi connectivity index (χ1) is 9.65. The summed E-state index contributed by atoms with van der Waals surface area (Å²) in [6.07, 6.45) is 3.68. The molecule has 3 nitrogen and oxygen atoms in total. The minimum atomic E-state index is -0.407. The van der Waals surface area contributed by atoms with Crippen LogP contribution in [0.15, 0.2) is 30.3 Å². The molecule has 1 aromatic carbocycles. The van der Waals surface area contributed by atoms with E-state index in [2.05, 4.69) is 13.8 Å². The number of nitrogens with zero attached hydrogens (tertiary/aromatic N) is 1. The highest BCUT2D eigenvalue weighted by Crippen LogP contribution is 2.33. The SMILES string of the molecule is CCCC(CN)(CCC)C(=O)N(CC)c1ccccc1. The lowest BCUT2D eigenvalue weighted by Gasteiger charge is -2.36. The van der Waals surface area contributed by atoms with E-state index < -0.39 is 5.41 Å². The molecule has 0 atom stereocenters. The van der Waals surface area contributed by atoms with E-state index in [0.29, 0.717) is 13.1 Å². The molecule has 0 radical (unpaired) electrons. The zero-order valence-electron chi connectivity index (χ0n) is 13.1. The van der Waals surface area contributed by atoms with Crippen LogP contribution in [0.3, 0.4) is 0 Å². The molecule has 112 valence electrons. The molecule has 3 heteroatoms. The van der Waals surface area contributed by atoms with Crippen LogP contribution in [0.5, 0.6) is 0 Å². The van der Waals surface area contributed by atoms with E-state index in [9.17, 15) is 4.79 Å². The molecule has 0 aliphatic rings. The van der Waals surface area contributed by atoms with Crippen molar-refractivity contribution in [2.45, 2.75) is 46.5 Å². The van der Waals surface area contributed by atoms with Gasteiger partial charge in [0, 0.05) is 18.8 Å². The molecule has 0 aliphatic heterocycles.